The van der Waals surface area contributed by atoms with E-state index < -0.39 is 0 Å². The second kappa shape index (κ2) is 4.56. The Bertz CT molecular complexity index is 768. The SMILES string of the molecule is Nc1ccc(F)c(-c2ccc(Cl)c3ccccc23)c1. The minimum Gasteiger partial charge on any atom is -0.399 e. The van der Waals surface area contributed by atoms with Gasteiger partial charge in [0.2, 0.25) is 0 Å². The average molecular weight is 272 g/mol. The van der Waals surface area contributed by atoms with Crippen LogP contribution in [0.4, 0.5) is 10.1 Å². The van der Waals surface area contributed by atoms with E-state index in [0.29, 0.717) is 16.3 Å². The van der Waals surface area contributed by atoms with E-state index in [1.165, 1.54) is 6.07 Å². The molecule has 0 aliphatic rings. The predicted octanol–water partition coefficient (Wildman–Crippen LogP) is 4.88. The molecule has 94 valence electrons. The number of nitrogen functional groups attached to an aromatic ring is 1. The van der Waals surface area contributed by atoms with Crippen molar-refractivity contribution < 1.29 is 4.39 Å². The van der Waals surface area contributed by atoms with E-state index in [1.54, 1.807) is 18.2 Å². The number of hydrogen-bond acceptors (Lipinski definition) is 1. The van der Waals surface area contributed by atoms with E-state index in [0.717, 1.165) is 16.3 Å². The van der Waals surface area contributed by atoms with Crippen molar-refractivity contribution in [2.75, 3.05) is 5.73 Å². The first-order chi connectivity index (χ1) is 9.16. The van der Waals surface area contributed by atoms with Gasteiger partial charge in [0.25, 0.3) is 0 Å². The molecule has 3 rings (SSSR count). The Morgan fingerprint density at radius 2 is 1.58 bits per heavy atom. The summed E-state index contributed by atoms with van der Waals surface area (Å²) in [4.78, 5) is 0. The van der Waals surface area contributed by atoms with Gasteiger partial charge in [0, 0.05) is 21.7 Å². The first-order valence-electron chi connectivity index (χ1n) is 5.89. The molecule has 0 saturated carbocycles. The van der Waals surface area contributed by atoms with E-state index in [9.17, 15) is 4.39 Å². The van der Waals surface area contributed by atoms with Crippen molar-refractivity contribution in [1.29, 1.82) is 0 Å². The minimum absolute atomic E-state index is 0.290. The zero-order chi connectivity index (χ0) is 13.4. The van der Waals surface area contributed by atoms with Gasteiger partial charge in [-0.3, -0.25) is 0 Å². The Labute approximate surface area is 115 Å². The molecule has 0 atom stereocenters. The van der Waals surface area contributed by atoms with Crippen LogP contribution in [0, 0.1) is 5.82 Å². The summed E-state index contributed by atoms with van der Waals surface area (Å²) in [6.07, 6.45) is 0. The second-order valence-corrected chi connectivity index (χ2v) is 4.79. The van der Waals surface area contributed by atoms with Gasteiger partial charge in [-0.05, 0) is 35.2 Å². The van der Waals surface area contributed by atoms with Crippen LogP contribution in [-0.4, -0.2) is 0 Å². The Morgan fingerprint density at radius 1 is 0.842 bits per heavy atom. The molecule has 3 heteroatoms. The molecule has 2 N–H and O–H groups in total. The molecule has 19 heavy (non-hydrogen) atoms. The lowest BCUT2D eigenvalue weighted by molar-refractivity contribution is 0.631. The van der Waals surface area contributed by atoms with Crippen molar-refractivity contribution in [2.45, 2.75) is 0 Å². The highest BCUT2D eigenvalue weighted by molar-refractivity contribution is 6.36. The van der Waals surface area contributed by atoms with Crippen molar-refractivity contribution in [3.05, 3.63) is 65.4 Å². The topological polar surface area (TPSA) is 26.0 Å². The fraction of sp³-hybridized carbons (Fsp3) is 0. The van der Waals surface area contributed by atoms with Gasteiger partial charge in [-0.15, -0.1) is 0 Å². The zero-order valence-electron chi connectivity index (χ0n) is 10.0. The third kappa shape index (κ3) is 2.04. The highest BCUT2D eigenvalue weighted by atomic mass is 35.5. The molecule has 0 aliphatic carbocycles. The van der Waals surface area contributed by atoms with Crippen molar-refractivity contribution >= 4 is 28.1 Å². The van der Waals surface area contributed by atoms with E-state index >= 15 is 0 Å². The molecule has 0 unspecified atom stereocenters. The molecule has 0 heterocycles. The molecule has 1 nitrogen and oxygen atoms in total. The number of nitrogens with two attached hydrogens (primary N) is 1. The van der Waals surface area contributed by atoms with Gasteiger partial charge in [0.15, 0.2) is 0 Å². The summed E-state index contributed by atoms with van der Waals surface area (Å²) < 4.78 is 14.0. The number of fused-ring (bicyclic) bond motifs is 1. The Kier molecular flexibility index (Phi) is 2.88. The second-order valence-electron chi connectivity index (χ2n) is 4.38. The number of halogens is 2. The summed E-state index contributed by atoms with van der Waals surface area (Å²) in [6, 6.07) is 15.9. The van der Waals surface area contributed by atoms with Crippen molar-refractivity contribution in [2.24, 2.45) is 0 Å². The van der Waals surface area contributed by atoms with Crippen LogP contribution in [0.15, 0.2) is 54.6 Å². The number of anilines is 1. The fourth-order valence-electron chi connectivity index (χ4n) is 2.25. The third-order valence-electron chi connectivity index (χ3n) is 3.15. The van der Waals surface area contributed by atoms with Crippen LogP contribution < -0.4 is 5.73 Å². The van der Waals surface area contributed by atoms with Gasteiger partial charge in [-0.2, -0.15) is 0 Å². The van der Waals surface area contributed by atoms with Gasteiger partial charge in [-0.1, -0.05) is 41.9 Å². The van der Waals surface area contributed by atoms with E-state index in [1.807, 2.05) is 30.3 Å². The Balaban J connectivity index is 2.37. The maximum Gasteiger partial charge on any atom is 0.131 e. The maximum atomic E-state index is 14.0. The fourth-order valence-corrected chi connectivity index (χ4v) is 2.47. The number of benzene rings is 3. The molecule has 0 aromatic heterocycles. The van der Waals surface area contributed by atoms with E-state index in [-0.39, 0.29) is 5.82 Å². The molecule has 0 aliphatic heterocycles. The zero-order valence-corrected chi connectivity index (χ0v) is 10.8. The summed E-state index contributed by atoms with van der Waals surface area (Å²) in [5.74, 6) is -0.290. The summed E-state index contributed by atoms with van der Waals surface area (Å²) in [6.45, 7) is 0. The predicted molar refractivity (Wildman–Crippen MR) is 78.8 cm³/mol. The van der Waals surface area contributed by atoms with Gasteiger partial charge < -0.3 is 5.73 Å². The first-order valence-corrected chi connectivity index (χ1v) is 6.27. The highest BCUT2D eigenvalue weighted by Crippen LogP contribution is 2.34. The van der Waals surface area contributed by atoms with E-state index in [2.05, 4.69) is 0 Å². The first kappa shape index (κ1) is 12.0. The smallest absolute Gasteiger partial charge is 0.131 e. The monoisotopic (exact) mass is 271 g/mol. The maximum absolute atomic E-state index is 14.0. The average Bonchev–Trinajstić information content (AvgIpc) is 2.43. The van der Waals surface area contributed by atoms with Crippen LogP contribution in [0.3, 0.4) is 0 Å². The summed E-state index contributed by atoms with van der Waals surface area (Å²) in [7, 11) is 0. The van der Waals surface area contributed by atoms with Crippen LogP contribution in [0.5, 0.6) is 0 Å². The summed E-state index contributed by atoms with van der Waals surface area (Å²) >= 11 is 6.17. The molecule has 0 spiro atoms. The molecule has 3 aromatic rings. The molecular weight excluding hydrogens is 261 g/mol. The van der Waals surface area contributed by atoms with Gasteiger partial charge in [-0.25, -0.2) is 4.39 Å². The molecule has 3 aromatic carbocycles. The van der Waals surface area contributed by atoms with Crippen LogP contribution in [0.1, 0.15) is 0 Å². The summed E-state index contributed by atoms with van der Waals surface area (Å²) in [5.41, 5.74) is 7.57. The normalized spacial score (nSPS) is 10.8. The molecular formula is C16H11ClFN. The van der Waals surface area contributed by atoms with Gasteiger partial charge in [0.05, 0.1) is 0 Å². The van der Waals surface area contributed by atoms with Crippen molar-refractivity contribution in [3.63, 3.8) is 0 Å². The lowest BCUT2D eigenvalue weighted by Crippen LogP contribution is -1.90. The minimum atomic E-state index is -0.290. The third-order valence-corrected chi connectivity index (χ3v) is 3.48. The molecule has 0 amide bonds. The number of hydrogen-bond donors (Lipinski definition) is 1. The summed E-state index contributed by atoms with van der Waals surface area (Å²) in [5, 5.41) is 2.48. The molecule has 0 bridgehead atoms. The van der Waals surface area contributed by atoms with Crippen molar-refractivity contribution in [1.82, 2.24) is 0 Å². The van der Waals surface area contributed by atoms with Crippen molar-refractivity contribution in [3.8, 4) is 11.1 Å². The lowest BCUT2D eigenvalue weighted by Gasteiger charge is -2.10. The van der Waals surface area contributed by atoms with Crippen LogP contribution in [-0.2, 0) is 0 Å². The Hall–Kier alpha value is -2.06. The van der Waals surface area contributed by atoms with E-state index in [4.69, 9.17) is 17.3 Å². The van der Waals surface area contributed by atoms with Crippen LogP contribution in [0.25, 0.3) is 21.9 Å². The lowest BCUT2D eigenvalue weighted by atomic mass is 9.97. The highest BCUT2D eigenvalue weighted by Gasteiger charge is 2.10. The largest absolute Gasteiger partial charge is 0.399 e. The van der Waals surface area contributed by atoms with Gasteiger partial charge in [0.1, 0.15) is 5.82 Å². The molecule has 0 saturated heterocycles. The molecule has 0 fully saturated rings. The molecule has 0 radical (unpaired) electrons. The number of rotatable bonds is 1. The standard InChI is InChI=1S/C16H11ClFN/c17-15-7-6-12(11-3-1-2-4-13(11)15)14-9-10(19)5-8-16(14)18/h1-9H,19H2. The quantitative estimate of drug-likeness (QED) is 0.627. The van der Waals surface area contributed by atoms with Gasteiger partial charge >= 0.3 is 0 Å². The van der Waals surface area contributed by atoms with Crippen LogP contribution in [0.2, 0.25) is 5.02 Å². The Morgan fingerprint density at radius 3 is 2.37 bits per heavy atom. The van der Waals surface area contributed by atoms with Crippen LogP contribution >= 0.6 is 11.6 Å².